The molecule has 1 heterocycles. The van der Waals surface area contributed by atoms with E-state index in [2.05, 4.69) is 29.5 Å². The molecule has 76 valence electrons. The maximum atomic E-state index is 5.67. The van der Waals surface area contributed by atoms with Gasteiger partial charge < -0.3 is 0 Å². The number of likely N-dealkylation sites (tertiary alicyclic amines) is 1. The molecule has 1 saturated heterocycles. The first-order chi connectivity index (χ1) is 6.80. The van der Waals surface area contributed by atoms with Crippen molar-refractivity contribution in [1.29, 1.82) is 0 Å². The van der Waals surface area contributed by atoms with Crippen molar-refractivity contribution in [1.82, 2.24) is 4.90 Å². The van der Waals surface area contributed by atoms with Crippen molar-refractivity contribution < 1.29 is 0 Å². The summed E-state index contributed by atoms with van der Waals surface area (Å²) in [5, 5.41) is 0. The second-order valence-corrected chi connectivity index (χ2v) is 3.87. The molecule has 0 aromatic carbocycles. The lowest BCUT2D eigenvalue weighted by atomic mass is 10.0. The number of hydrogen-bond acceptors (Lipinski definition) is 1. The van der Waals surface area contributed by atoms with Crippen LogP contribution >= 0.6 is 11.6 Å². The predicted octanol–water partition coefficient (Wildman–Crippen LogP) is 2.74. The standard InChI is InChI=1S/C12H16ClN/c1-3-11-8-12(4-2)10-14(9-11)7-5-6-13/h1-2,5-10H2. The molecule has 0 unspecified atom stereocenters. The van der Waals surface area contributed by atoms with Crippen molar-refractivity contribution in [3.8, 4) is 0 Å². The van der Waals surface area contributed by atoms with E-state index >= 15 is 0 Å². The lowest BCUT2D eigenvalue weighted by molar-refractivity contribution is 0.302. The van der Waals surface area contributed by atoms with Gasteiger partial charge in [-0.1, -0.05) is 13.2 Å². The van der Waals surface area contributed by atoms with Gasteiger partial charge >= 0.3 is 0 Å². The van der Waals surface area contributed by atoms with Crippen molar-refractivity contribution >= 4 is 11.6 Å². The highest BCUT2D eigenvalue weighted by molar-refractivity contribution is 6.17. The Morgan fingerprint density at radius 2 is 1.79 bits per heavy atom. The van der Waals surface area contributed by atoms with Crippen molar-refractivity contribution in [3.05, 3.63) is 35.8 Å². The highest BCUT2D eigenvalue weighted by Crippen LogP contribution is 2.18. The van der Waals surface area contributed by atoms with Crippen LogP contribution in [0.1, 0.15) is 12.8 Å². The van der Waals surface area contributed by atoms with Crippen LogP contribution in [0, 0.1) is 0 Å². The van der Waals surface area contributed by atoms with Crippen LogP contribution in [-0.2, 0) is 0 Å². The fourth-order valence-corrected chi connectivity index (χ4v) is 1.76. The molecule has 0 aliphatic carbocycles. The Bertz CT molecular complexity index is 267. The van der Waals surface area contributed by atoms with E-state index in [0.29, 0.717) is 0 Å². The summed E-state index contributed by atoms with van der Waals surface area (Å²) >= 11 is 5.67. The third kappa shape index (κ3) is 3.21. The fourth-order valence-electron chi connectivity index (χ4n) is 1.64. The molecule has 1 aliphatic rings. The maximum absolute atomic E-state index is 5.67. The smallest absolute Gasteiger partial charge is 0.0275 e. The number of piperidine rings is 1. The van der Waals surface area contributed by atoms with E-state index in [0.717, 1.165) is 38.4 Å². The number of rotatable bonds is 3. The molecule has 1 aliphatic heterocycles. The van der Waals surface area contributed by atoms with Crippen LogP contribution in [0.15, 0.2) is 35.8 Å². The molecular formula is C12H16ClN. The van der Waals surface area contributed by atoms with Crippen molar-refractivity contribution in [2.24, 2.45) is 0 Å². The minimum absolute atomic E-state index is 0.719. The highest BCUT2D eigenvalue weighted by Gasteiger charge is 2.16. The van der Waals surface area contributed by atoms with Crippen molar-refractivity contribution in [2.75, 3.05) is 25.5 Å². The van der Waals surface area contributed by atoms with Gasteiger partial charge in [-0.25, -0.2) is 0 Å². The van der Waals surface area contributed by atoms with E-state index in [-0.39, 0.29) is 0 Å². The maximum Gasteiger partial charge on any atom is 0.0275 e. The Balaban J connectivity index is 2.61. The second-order valence-electron chi connectivity index (χ2n) is 3.49. The molecule has 1 rings (SSSR count). The Hall–Kier alpha value is -0.710. The first kappa shape index (κ1) is 11.4. The number of halogens is 1. The topological polar surface area (TPSA) is 3.24 Å². The summed E-state index contributed by atoms with van der Waals surface area (Å²) in [7, 11) is 0. The molecule has 0 atom stereocenters. The quantitative estimate of drug-likeness (QED) is 0.511. The Labute approximate surface area is 91.1 Å². The van der Waals surface area contributed by atoms with Crippen LogP contribution in [0.2, 0.25) is 0 Å². The van der Waals surface area contributed by atoms with Crippen LogP contribution < -0.4 is 0 Å². The molecule has 2 heteroatoms. The molecule has 14 heavy (non-hydrogen) atoms. The SMILES string of the molecule is C=C=C1CC(=C=C)CN(CCCCl)C1. The van der Waals surface area contributed by atoms with Crippen LogP contribution in [0.3, 0.4) is 0 Å². The van der Waals surface area contributed by atoms with Gasteiger partial charge in [-0.3, -0.25) is 4.90 Å². The Morgan fingerprint density at radius 3 is 2.21 bits per heavy atom. The van der Waals surface area contributed by atoms with Crippen LogP contribution in [0.4, 0.5) is 0 Å². The fraction of sp³-hybridized carbons (Fsp3) is 0.500. The van der Waals surface area contributed by atoms with Gasteiger partial charge in [-0.05, 0) is 24.1 Å². The van der Waals surface area contributed by atoms with Gasteiger partial charge in [0, 0.05) is 25.4 Å². The predicted molar refractivity (Wildman–Crippen MR) is 61.7 cm³/mol. The zero-order chi connectivity index (χ0) is 10.4. The molecule has 1 fully saturated rings. The zero-order valence-electron chi connectivity index (χ0n) is 8.48. The van der Waals surface area contributed by atoms with E-state index in [1.165, 1.54) is 11.1 Å². The van der Waals surface area contributed by atoms with Gasteiger partial charge in [-0.2, -0.15) is 0 Å². The number of nitrogens with zero attached hydrogens (tertiary/aromatic N) is 1. The summed E-state index contributed by atoms with van der Waals surface area (Å²) in [4.78, 5) is 2.34. The Kier molecular flexibility index (Phi) is 4.79. The summed E-state index contributed by atoms with van der Waals surface area (Å²) in [6.45, 7) is 10.3. The number of hydrogen-bond donors (Lipinski definition) is 0. The molecule has 0 amide bonds. The summed E-state index contributed by atoms with van der Waals surface area (Å²) in [5.41, 5.74) is 8.42. The molecule has 0 bridgehead atoms. The molecule has 0 spiro atoms. The van der Waals surface area contributed by atoms with Gasteiger partial charge in [0.2, 0.25) is 0 Å². The summed E-state index contributed by atoms with van der Waals surface area (Å²) in [6, 6.07) is 0. The molecule has 0 aromatic heterocycles. The average Bonchev–Trinajstić information content (AvgIpc) is 2.25. The molecule has 1 nitrogen and oxygen atoms in total. The van der Waals surface area contributed by atoms with E-state index in [9.17, 15) is 0 Å². The average molecular weight is 210 g/mol. The monoisotopic (exact) mass is 209 g/mol. The number of alkyl halides is 1. The van der Waals surface area contributed by atoms with Crippen LogP contribution in [0.5, 0.6) is 0 Å². The lowest BCUT2D eigenvalue weighted by Gasteiger charge is -2.28. The third-order valence-electron chi connectivity index (χ3n) is 2.36. The van der Waals surface area contributed by atoms with Crippen molar-refractivity contribution in [2.45, 2.75) is 12.8 Å². The highest BCUT2D eigenvalue weighted by atomic mass is 35.5. The molecule has 0 saturated carbocycles. The molecular weight excluding hydrogens is 194 g/mol. The minimum Gasteiger partial charge on any atom is -0.294 e. The first-order valence-electron chi connectivity index (χ1n) is 4.84. The lowest BCUT2D eigenvalue weighted by Crippen LogP contribution is -2.33. The van der Waals surface area contributed by atoms with E-state index in [1.54, 1.807) is 0 Å². The molecule has 0 radical (unpaired) electrons. The van der Waals surface area contributed by atoms with Gasteiger partial charge in [-0.15, -0.1) is 23.1 Å². The Morgan fingerprint density at radius 1 is 1.21 bits per heavy atom. The third-order valence-corrected chi connectivity index (χ3v) is 2.63. The van der Waals surface area contributed by atoms with Gasteiger partial charge in [0.1, 0.15) is 0 Å². The zero-order valence-corrected chi connectivity index (χ0v) is 9.24. The normalized spacial score (nSPS) is 17.8. The van der Waals surface area contributed by atoms with Gasteiger partial charge in [0.15, 0.2) is 0 Å². The summed E-state index contributed by atoms with van der Waals surface area (Å²) in [6.07, 6.45) is 1.96. The van der Waals surface area contributed by atoms with Gasteiger partial charge in [0.05, 0.1) is 0 Å². The minimum atomic E-state index is 0.719. The second kappa shape index (κ2) is 5.90. The van der Waals surface area contributed by atoms with Crippen LogP contribution in [0.25, 0.3) is 0 Å². The van der Waals surface area contributed by atoms with Crippen molar-refractivity contribution in [3.63, 3.8) is 0 Å². The summed E-state index contributed by atoms with van der Waals surface area (Å²) in [5.74, 6) is 0.719. The van der Waals surface area contributed by atoms with E-state index in [4.69, 9.17) is 11.6 Å². The molecule has 0 aromatic rings. The van der Waals surface area contributed by atoms with E-state index in [1.807, 2.05) is 0 Å². The van der Waals surface area contributed by atoms with Crippen LogP contribution in [-0.4, -0.2) is 30.4 Å². The van der Waals surface area contributed by atoms with E-state index < -0.39 is 0 Å². The van der Waals surface area contributed by atoms with Gasteiger partial charge in [0.25, 0.3) is 0 Å². The first-order valence-corrected chi connectivity index (χ1v) is 5.37. The molecule has 0 N–H and O–H groups in total. The summed E-state index contributed by atoms with van der Waals surface area (Å²) < 4.78 is 0. The largest absolute Gasteiger partial charge is 0.294 e.